The van der Waals surface area contributed by atoms with Crippen LogP contribution in [0.2, 0.25) is 0 Å². The average Bonchev–Trinajstić information content (AvgIpc) is 2.27. The first-order valence-electron chi connectivity index (χ1n) is 6.39. The van der Waals surface area contributed by atoms with E-state index in [-0.39, 0.29) is 11.3 Å². The third kappa shape index (κ3) is 3.57. The molecule has 0 heterocycles. The molecule has 0 spiro atoms. The van der Waals surface area contributed by atoms with Crippen LogP contribution in [0.5, 0.6) is 0 Å². The van der Waals surface area contributed by atoms with Crippen molar-refractivity contribution in [3.8, 4) is 0 Å². The van der Waals surface area contributed by atoms with E-state index in [4.69, 9.17) is 5.73 Å². The Kier molecular flexibility index (Phi) is 4.52. The molecule has 0 saturated heterocycles. The average molecular weight is 248 g/mol. The van der Waals surface area contributed by atoms with Gasteiger partial charge in [0, 0.05) is 5.69 Å². The minimum absolute atomic E-state index is 0.129. The van der Waals surface area contributed by atoms with Crippen LogP contribution in [0.4, 0.5) is 5.69 Å². The highest BCUT2D eigenvalue weighted by Crippen LogP contribution is 2.25. The van der Waals surface area contributed by atoms with E-state index in [2.05, 4.69) is 19.2 Å². The molecule has 1 aromatic rings. The smallest absolute Gasteiger partial charge is 0.241 e. The standard InChI is InChI=1S/C15H24N2O/c1-10(2)11-8-6-7-9-12(11)17-14(18)13(16)15(3,4)5/h6-10,13H,16H2,1-5H3,(H,17,18)/t13-/m1/s1. The van der Waals surface area contributed by atoms with Crippen LogP contribution in [0.1, 0.15) is 46.1 Å². The van der Waals surface area contributed by atoms with E-state index in [0.29, 0.717) is 5.92 Å². The highest BCUT2D eigenvalue weighted by atomic mass is 16.2. The normalized spacial score (nSPS) is 13.5. The number of rotatable bonds is 3. The van der Waals surface area contributed by atoms with Crippen LogP contribution < -0.4 is 11.1 Å². The molecule has 3 nitrogen and oxygen atoms in total. The van der Waals surface area contributed by atoms with Gasteiger partial charge in [0.25, 0.3) is 0 Å². The Balaban J connectivity index is 2.89. The molecular formula is C15H24N2O. The van der Waals surface area contributed by atoms with Gasteiger partial charge in [-0.2, -0.15) is 0 Å². The van der Waals surface area contributed by atoms with Crippen molar-refractivity contribution in [3.63, 3.8) is 0 Å². The lowest BCUT2D eigenvalue weighted by Gasteiger charge is -2.26. The number of benzene rings is 1. The lowest BCUT2D eigenvalue weighted by Crippen LogP contribution is -2.45. The van der Waals surface area contributed by atoms with Crippen LogP contribution in [0.25, 0.3) is 0 Å². The number of hydrogen-bond acceptors (Lipinski definition) is 2. The van der Waals surface area contributed by atoms with Gasteiger partial charge in [0.05, 0.1) is 6.04 Å². The summed E-state index contributed by atoms with van der Waals surface area (Å²) in [5.74, 6) is 0.239. The maximum atomic E-state index is 12.1. The van der Waals surface area contributed by atoms with Gasteiger partial charge in [0.15, 0.2) is 0 Å². The van der Waals surface area contributed by atoms with Gasteiger partial charge in [0.1, 0.15) is 0 Å². The number of nitrogens with two attached hydrogens (primary N) is 1. The maximum absolute atomic E-state index is 12.1. The Morgan fingerprint density at radius 2 is 1.78 bits per heavy atom. The number of hydrogen-bond donors (Lipinski definition) is 2. The maximum Gasteiger partial charge on any atom is 0.241 e. The fourth-order valence-electron chi connectivity index (χ4n) is 1.72. The van der Waals surface area contributed by atoms with Crippen LogP contribution in [0, 0.1) is 5.41 Å². The summed E-state index contributed by atoms with van der Waals surface area (Å²) in [6.07, 6.45) is 0. The predicted molar refractivity (Wildman–Crippen MR) is 76.6 cm³/mol. The molecule has 0 aliphatic rings. The van der Waals surface area contributed by atoms with Crippen molar-refractivity contribution >= 4 is 11.6 Å². The number of carbonyl (C=O) groups excluding carboxylic acids is 1. The van der Waals surface area contributed by atoms with Crippen LogP contribution in [0.15, 0.2) is 24.3 Å². The van der Waals surface area contributed by atoms with Crippen molar-refractivity contribution < 1.29 is 4.79 Å². The van der Waals surface area contributed by atoms with Crippen molar-refractivity contribution in [1.82, 2.24) is 0 Å². The summed E-state index contributed by atoms with van der Waals surface area (Å²) in [7, 11) is 0. The number of para-hydroxylation sites is 1. The molecule has 1 aromatic carbocycles. The molecule has 1 amide bonds. The summed E-state index contributed by atoms with van der Waals surface area (Å²) in [6, 6.07) is 7.34. The van der Waals surface area contributed by atoms with Crippen LogP contribution in [0.3, 0.4) is 0 Å². The molecule has 0 aliphatic heterocycles. The Hall–Kier alpha value is -1.35. The van der Waals surface area contributed by atoms with Gasteiger partial charge in [-0.1, -0.05) is 52.8 Å². The number of nitrogens with one attached hydrogen (secondary N) is 1. The van der Waals surface area contributed by atoms with Gasteiger partial charge in [0.2, 0.25) is 5.91 Å². The summed E-state index contributed by atoms with van der Waals surface area (Å²) >= 11 is 0. The van der Waals surface area contributed by atoms with Crippen molar-refractivity contribution in [1.29, 1.82) is 0 Å². The molecule has 0 saturated carbocycles. The molecule has 0 aliphatic carbocycles. The second-order valence-corrected chi connectivity index (χ2v) is 6.07. The third-order valence-electron chi connectivity index (χ3n) is 3.06. The van der Waals surface area contributed by atoms with Gasteiger partial charge in [-0.05, 0) is 23.0 Å². The SMILES string of the molecule is CC(C)c1ccccc1NC(=O)[C@@H](N)C(C)(C)C. The molecule has 3 N–H and O–H groups in total. The molecule has 0 radical (unpaired) electrons. The molecule has 1 rings (SSSR count). The quantitative estimate of drug-likeness (QED) is 0.863. The summed E-state index contributed by atoms with van der Waals surface area (Å²) in [5.41, 5.74) is 7.71. The predicted octanol–water partition coefficient (Wildman–Crippen LogP) is 3.12. The zero-order valence-corrected chi connectivity index (χ0v) is 11.9. The monoisotopic (exact) mass is 248 g/mol. The zero-order valence-electron chi connectivity index (χ0n) is 11.9. The highest BCUT2D eigenvalue weighted by Gasteiger charge is 2.27. The second kappa shape index (κ2) is 5.53. The molecule has 0 bridgehead atoms. The Bertz CT molecular complexity index is 419. The van der Waals surface area contributed by atoms with E-state index in [0.717, 1.165) is 11.3 Å². The van der Waals surface area contributed by atoms with Gasteiger partial charge in [-0.3, -0.25) is 4.79 Å². The highest BCUT2D eigenvalue weighted by molar-refractivity contribution is 5.95. The zero-order chi connectivity index (χ0) is 13.9. The van der Waals surface area contributed by atoms with Crippen LogP contribution >= 0.6 is 0 Å². The van der Waals surface area contributed by atoms with Crippen molar-refractivity contribution in [2.75, 3.05) is 5.32 Å². The number of anilines is 1. The summed E-state index contributed by atoms with van der Waals surface area (Å²) in [5, 5.41) is 2.93. The van der Waals surface area contributed by atoms with E-state index in [1.165, 1.54) is 0 Å². The van der Waals surface area contributed by atoms with E-state index in [9.17, 15) is 4.79 Å². The third-order valence-corrected chi connectivity index (χ3v) is 3.06. The number of carbonyl (C=O) groups is 1. The molecule has 1 atom stereocenters. The van der Waals surface area contributed by atoms with E-state index >= 15 is 0 Å². The lowest BCUT2D eigenvalue weighted by molar-refractivity contribution is -0.119. The summed E-state index contributed by atoms with van der Waals surface area (Å²) in [6.45, 7) is 10.1. The molecule has 0 aromatic heterocycles. The van der Waals surface area contributed by atoms with E-state index in [1.807, 2.05) is 45.0 Å². The van der Waals surface area contributed by atoms with Crippen LogP contribution in [-0.2, 0) is 4.79 Å². The minimum atomic E-state index is -0.516. The summed E-state index contributed by atoms with van der Waals surface area (Å²) < 4.78 is 0. The van der Waals surface area contributed by atoms with Gasteiger partial charge in [-0.25, -0.2) is 0 Å². The van der Waals surface area contributed by atoms with E-state index in [1.54, 1.807) is 0 Å². The fraction of sp³-hybridized carbons (Fsp3) is 0.533. The van der Waals surface area contributed by atoms with Gasteiger partial charge in [-0.15, -0.1) is 0 Å². The van der Waals surface area contributed by atoms with Gasteiger partial charge >= 0.3 is 0 Å². The first-order valence-corrected chi connectivity index (χ1v) is 6.39. The lowest BCUT2D eigenvalue weighted by atomic mass is 9.87. The van der Waals surface area contributed by atoms with Crippen molar-refractivity contribution in [2.45, 2.75) is 46.6 Å². The molecule has 3 heteroatoms. The first kappa shape index (κ1) is 14.7. The molecule has 18 heavy (non-hydrogen) atoms. The van der Waals surface area contributed by atoms with Crippen molar-refractivity contribution in [3.05, 3.63) is 29.8 Å². The van der Waals surface area contributed by atoms with E-state index < -0.39 is 6.04 Å². The second-order valence-electron chi connectivity index (χ2n) is 6.07. The molecular weight excluding hydrogens is 224 g/mol. The molecule has 0 fully saturated rings. The Labute approximate surface area is 110 Å². The van der Waals surface area contributed by atoms with Gasteiger partial charge < -0.3 is 11.1 Å². The summed E-state index contributed by atoms with van der Waals surface area (Å²) in [4.78, 5) is 12.1. The fourth-order valence-corrected chi connectivity index (χ4v) is 1.72. The minimum Gasteiger partial charge on any atom is -0.324 e. The number of amides is 1. The molecule has 0 unspecified atom stereocenters. The Morgan fingerprint density at radius 3 is 2.28 bits per heavy atom. The van der Waals surface area contributed by atoms with Crippen LogP contribution in [-0.4, -0.2) is 11.9 Å². The Morgan fingerprint density at radius 1 is 1.22 bits per heavy atom. The van der Waals surface area contributed by atoms with Crippen molar-refractivity contribution in [2.24, 2.45) is 11.1 Å². The topological polar surface area (TPSA) is 55.1 Å². The largest absolute Gasteiger partial charge is 0.324 e. The molecule has 100 valence electrons. The first-order chi connectivity index (χ1) is 8.23.